The molecule has 0 bridgehead atoms. The van der Waals surface area contributed by atoms with Crippen molar-refractivity contribution in [3.63, 3.8) is 0 Å². The third kappa shape index (κ3) is 3.26. The van der Waals surface area contributed by atoms with E-state index in [1.165, 1.54) is 16.7 Å². The zero-order chi connectivity index (χ0) is 15.6. The van der Waals surface area contributed by atoms with Gasteiger partial charge in [0.15, 0.2) is 5.82 Å². The SMILES string of the molecule is CC(NC(=O)N1C(C(=O)O)CSC1C(C)C)c1nn[nH]n1. The van der Waals surface area contributed by atoms with Crippen molar-refractivity contribution >= 4 is 23.8 Å². The second-order valence-electron chi connectivity index (χ2n) is 5.17. The topological polar surface area (TPSA) is 124 Å². The van der Waals surface area contributed by atoms with E-state index < -0.39 is 24.1 Å². The predicted octanol–water partition coefficient (Wildman–Crippen LogP) is 0.454. The molecule has 0 aliphatic carbocycles. The van der Waals surface area contributed by atoms with E-state index >= 15 is 0 Å². The number of carboxylic acid groups (broad SMARTS) is 1. The number of aromatic nitrogens is 4. The van der Waals surface area contributed by atoms with E-state index in [0.717, 1.165) is 0 Å². The van der Waals surface area contributed by atoms with Crippen LogP contribution in [-0.2, 0) is 4.79 Å². The predicted molar refractivity (Wildman–Crippen MR) is 75.5 cm³/mol. The summed E-state index contributed by atoms with van der Waals surface area (Å²) in [5.41, 5.74) is 0. The first-order valence-electron chi connectivity index (χ1n) is 6.58. The molecule has 1 aromatic rings. The Kier molecular flexibility index (Phi) is 4.66. The quantitative estimate of drug-likeness (QED) is 0.737. The Morgan fingerprint density at radius 1 is 1.48 bits per heavy atom. The van der Waals surface area contributed by atoms with E-state index in [1.807, 2.05) is 13.8 Å². The molecule has 0 spiro atoms. The molecule has 9 nitrogen and oxygen atoms in total. The number of hydrogen-bond donors (Lipinski definition) is 3. The van der Waals surface area contributed by atoms with E-state index in [1.54, 1.807) is 6.92 Å². The number of amides is 2. The molecule has 3 atom stereocenters. The van der Waals surface area contributed by atoms with Gasteiger partial charge in [0.2, 0.25) is 0 Å². The average Bonchev–Trinajstić information content (AvgIpc) is 3.07. The molecule has 1 fully saturated rings. The van der Waals surface area contributed by atoms with Crippen LogP contribution >= 0.6 is 11.8 Å². The fourth-order valence-electron chi connectivity index (χ4n) is 2.17. The largest absolute Gasteiger partial charge is 0.480 e. The average molecular weight is 314 g/mol. The van der Waals surface area contributed by atoms with Crippen LogP contribution in [0.1, 0.15) is 32.6 Å². The Morgan fingerprint density at radius 3 is 2.71 bits per heavy atom. The van der Waals surface area contributed by atoms with Crippen molar-refractivity contribution in [2.75, 3.05) is 5.75 Å². The number of hydrogen-bond acceptors (Lipinski definition) is 6. The lowest BCUT2D eigenvalue weighted by atomic mass is 10.1. The first kappa shape index (κ1) is 15.5. The number of tetrazole rings is 1. The highest BCUT2D eigenvalue weighted by Crippen LogP contribution is 2.34. The summed E-state index contributed by atoms with van der Waals surface area (Å²) >= 11 is 1.48. The summed E-state index contributed by atoms with van der Waals surface area (Å²) in [6.45, 7) is 5.64. The van der Waals surface area contributed by atoms with Crippen LogP contribution in [0.15, 0.2) is 0 Å². The second kappa shape index (κ2) is 6.29. The minimum atomic E-state index is -0.993. The smallest absolute Gasteiger partial charge is 0.327 e. The number of aromatic amines is 1. The Balaban J connectivity index is 2.11. The lowest BCUT2D eigenvalue weighted by molar-refractivity contribution is -0.141. The Labute approximate surface area is 125 Å². The second-order valence-corrected chi connectivity index (χ2v) is 6.32. The maximum Gasteiger partial charge on any atom is 0.327 e. The number of carboxylic acids is 1. The minimum Gasteiger partial charge on any atom is -0.480 e. The molecule has 1 aliphatic heterocycles. The monoisotopic (exact) mass is 314 g/mol. The van der Waals surface area contributed by atoms with Crippen molar-refractivity contribution in [2.45, 2.75) is 38.2 Å². The third-order valence-electron chi connectivity index (χ3n) is 3.21. The first-order valence-corrected chi connectivity index (χ1v) is 7.63. The number of rotatable bonds is 4. The molecule has 0 radical (unpaired) electrons. The Hall–Kier alpha value is -1.84. The number of carbonyl (C=O) groups is 2. The summed E-state index contributed by atoms with van der Waals surface area (Å²) in [6.07, 6.45) is 0. The van der Waals surface area contributed by atoms with E-state index in [2.05, 4.69) is 25.9 Å². The highest BCUT2D eigenvalue weighted by atomic mass is 32.2. The highest BCUT2D eigenvalue weighted by Gasteiger charge is 2.43. The molecular formula is C11H18N6O3S. The van der Waals surface area contributed by atoms with Gasteiger partial charge in [0.1, 0.15) is 6.04 Å². The molecule has 0 saturated carbocycles. The standard InChI is InChI=1S/C11H18N6O3S/c1-5(2)9-17(7(4-21-9)10(18)19)11(20)12-6(3)8-13-15-16-14-8/h5-7,9H,4H2,1-3H3,(H,12,20)(H,18,19)(H,13,14,15,16). The molecule has 0 aromatic carbocycles. The lowest BCUT2D eigenvalue weighted by Crippen LogP contribution is -2.51. The van der Waals surface area contributed by atoms with E-state index in [-0.39, 0.29) is 11.3 Å². The number of H-pyrrole nitrogens is 1. The third-order valence-corrected chi connectivity index (χ3v) is 4.83. The van der Waals surface area contributed by atoms with Gasteiger partial charge in [0.05, 0.1) is 11.4 Å². The molecule has 1 aliphatic rings. The normalized spacial score (nSPS) is 23.3. The van der Waals surface area contributed by atoms with Crippen molar-refractivity contribution in [2.24, 2.45) is 5.92 Å². The molecule has 2 heterocycles. The molecule has 1 saturated heterocycles. The summed E-state index contributed by atoms with van der Waals surface area (Å²) < 4.78 is 0. The van der Waals surface area contributed by atoms with Gasteiger partial charge in [-0.3, -0.25) is 4.90 Å². The number of thioether (sulfide) groups is 1. The van der Waals surface area contributed by atoms with Gasteiger partial charge < -0.3 is 10.4 Å². The van der Waals surface area contributed by atoms with Crippen molar-refractivity contribution < 1.29 is 14.7 Å². The zero-order valence-corrected chi connectivity index (χ0v) is 12.8. The van der Waals surface area contributed by atoms with E-state index in [0.29, 0.717) is 11.6 Å². The van der Waals surface area contributed by atoms with Crippen molar-refractivity contribution in [3.8, 4) is 0 Å². The molecule has 3 unspecified atom stereocenters. The number of aliphatic carboxylic acids is 1. The van der Waals surface area contributed by atoms with Crippen LogP contribution in [0.4, 0.5) is 4.79 Å². The highest BCUT2D eigenvalue weighted by molar-refractivity contribution is 8.00. The zero-order valence-electron chi connectivity index (χ0n) is 12.0. The summed E-state index contributed by atoms with van der Waals surface area (Å²) in [4.78, 5) is 25.2. The molecule has 2 rings (SSSR count). The molecule has 116 valence electrons. The maximum absolute atomic E-state index is 12.4. The maximum atomic E-state index is 12.4. The minimum absolute atomic E-state index is 0.158. The van der Waals surface area contributed by atoms with E-state index in [9.17, 15) is 14.7 Å². The fraction of sp³-hybridized carbons (Fsp3) is 0.727. The van der Waals surface area contributed by atoms with Crippen LogP contribution < -0.4 is 5.32 Å². The molecule has 1 aromatic heterocycles. The van der Waals surface area contributed by atoms with Crippen molar-refractivity contribution in [1.82, 2.24) is 30.8 Å². The van der Waals surface area contributed by atoms with Gasteiger partial charge in [0, 0.05) is 5.75 Å². The molecular weight excluding hydrogens is 296 g/mol. The molecule has 10 heteroatoms. The first-order chi connectivity index (χ1) is 9.91. The Morgan fingerprint density at radius 2 is 2.19 bits per heavy atom. The molecule has 3 N–H and O–H groups in total. The van der Waals surface area contributed by atoms with Crippen LogP contribution in [0.5, 0.6) is 0 Å². The summed E-state index contributed by atoms with van der Waals surface area (Å²) in [5, 5.41) is 25.2. The van der Waals surface area contributed by atoms with Crippen LogP contribution in [0.2, 0.25) is 0 Å². The van der Waals surface area contributed by atoms with Crippen LogP contribution in [0.25, 0.3) is 0 Å². The lowest BCUT2D eigenvalue weighted by Gasteiger charge is -2.30. The van der Waals surface area contributed by atoms with Crippen LogP contribution in [0.3, 0.4) is 0 Å². The van der Waals surface area contributed by atoms with E-state index in [4.69, 9.17) is 0 Å². The van der Waals surface area contributed by atoms with Gasteiger partial charge >= 0.3 is 12.0 Å². The summed E-state index contributed by atoms with van der Waals surface area (Å²) in [7, 11) is 0. The molecule has 2 amide bonds. The fourth-order valence-corrected chi connectivity index (χ4v) is 3.64. The summed E-state index contributed by atoms with van der Waals surface area (Å²) in [5.74, 6) is -0.0934. The van der Waals surface area contributed by atoms with Gasteiger partial charge in [-0.15, -0.1) is 22.0 Å². The van der Waals surface area contributed by atoms with Crippen molar-refractivity contribution in [1.29, 1.82) is 0 Å². The van der Waals surface area contributed by atoms with Crippen molar-refractivity contribution in [3.05, 3.63) is 5.82 Å². The van der Waals surface area contributed by atoms with Gasteiger partial charge in [-0.25, -0.2) is 9.59 Å². The van der Waals surface area contributed by atoms with Crippen LogP contribution in [-0.4, -0.2) is 59.8 Å². The Bertz CT molecular complexity index is 508. The number of nitrogens with one attached hydrogen (secondary N) is 2. The number of carbonyl (C=O) groups excluding carboxylic acids is 1. The van der Waals surface area contributed by atoms with Gasteiger partial charge in [-0.1, -0.05) is 19.1 Å². The van der Waals surface area contributed by atoms with Gasteiger partial charge in [-0.05, 0) is 12.8 Å². The molecule has 21 heavy (non-hydrogen) atoms. The number of urea groups is 1. The van der Waals surface area contributed by atoms with Gasteiger partial charge in [0.25, 0.3) is 0 Å². The number of nitrogens with zero attached hydrogens (tertiary/aromatic N) is 4. The van der Waals surface area contributed by atoms with Crippen LogP contribution in [0, 0.1) is 5.92 Å². The summed E-state index contributed by atoms with van der Waals surface area (Å²) in [6, 6.07) is -1.70. The van der Waals surface area contributed by atoms with Gasteiger partial charge in [-0.2, -0.15) is 5.21 Å².